The van der Waals surface area contributed by atoms with Gasteiger partial charge in [-0.2, -0.15) is 0 Å². The number of benzene rings is 2. The molecule has 1 aliphatic heterocycles. The van der Waals surface area contributed by atoms with E-state index in [0.29, 0.717) is 0 Å². The summed E-state index contributed by atoms with van der Waals surface area (Å²) in [7, 11) is 0. The molecule has 6 rings (SSSR count). The van der Waals surface area contributed by atoms with Crippen LogP contribution in [0.25, 0.3) is 0 Å². The second-order valence-corrected chi connectivity index (χ2v) is 14.0. The molecule has 3 fully saturated rings. The van der Waals surface area contributed by atoms with Crippen LogP contribution in [-0.4, -0.2) is 82.8 Å². The quantitative estimate of drug-likeness (QED) is 0.245. The normalized spacial score (nSPS) is 31.8. The molecule has 2 saturated carbocycles. The van der Waals surface area contributed by atoms with E-state index in [0.717, 1.165) is 13.8 Å². The maximum Gasteiger partial charge on any atom is 0.341 e. The minimum Gasteiger partial charge on any atom is -0.472 e. The third-order valence-electron chi connectivity index (χ3n) is 10.4. The number of carbonyl (C=O) groups excluding carboxylic acids is 5. The highest BCUT2D eigenvalue weighted by Gasteiger charge is 2.86. The Morgan fingerprint density at radius 2 is 1.33 bits per heavy atom. The molecule has 1 spiro atoms. The molecular formula is C38H40O13. The third kappa shape index (κ3) is 6.08. The van der Waals surface area contributed by atoms with Crippen molar-refractivity contribution >= 4 is 29.8 Å². The van der Waals surface area contributed by atoms with Crippen LogP contribution in [0.4, 0.5) is 0 Å². The zero-order valence-corrected chi connectivity index (χ0v) is 28.9. The van der Waals surface area contributed by atoms with Gasteiger partial charge >= 0.3 is 29.8 Å². The number of rotatable bonds is 9. The summed E-state index contributed by atoms with van der Waals surface area (Å²) in [5, 5.41) is 12.9. The van der Waals surface area contributed by atoms with E-state index in [9.17, 15) is 29.1 Å². The van der Waals surface area contributed by atoms with Crippen molar-refractivity contribution in [1.29, 1.82) is 0 Å². The van der Waals surface area contributed by atoms with Gasteiger partial charge in [0, 0.05) is 26.2 Å². The summed E-state index contributed by atoms with van der Waals surface area (Å²) in [6.45, 7) is 6.52. The van der Waals surface area contributed by atoms with E-state index in [1.54, 1.807) is 62.4 Å². The number of esters is 5. The summed E-state index contributed by atoms with van der Waals surface area (Å²) in [5.41, 5.74) is -7.00. The van der Waals surface area contributed by atoms with Crippen LogP contribution < -0.4 is 0 Å². The summed E-state index contributed by atoms with van der Waals surface area (Å²) in [6, 6.07) is 17.7. The van der Waals surface area contributed by atoms with Gasteiger partial charge in [0.25, 0.3) is 0 Å². The molecule has 51 heavy (non-hydrogen) atoms. The van der Waals surface area contributed by atoms with Gasteiger partial charge in [0.2, 0.25) is 0 Å². The van der Waals surface area contributed by atoms with Gasteiger partial charge in [-0.1, -0.05) is 36.4 Å². The lowest BCUT2D eigenvalue weighted by Crippen LogP contribution is -2.83. The molecule has 8 unspecified atom stereocenters. The standard InChI is InChI=1S/C38H40O13/c1-22(39)46-21-37-29(49-34(43)26-16-17-45-20-26)18-27-30(50-33(42)25-14-10-7-11-15-25)38(37,51-35(27,3)4)36(5,44)19-28(31(37)47-23(2)40)48-32(41)24-12-8-6-9-13-24/h6-17,20,27-31,44H,18-19,21H2,1-5H3. The number of ether oxygens (including phenoxy) is 6. The molecule has 13 heteroatoms. The Hall–Kier alpha value is -5.01. The Labute approximate surface area is 294 Å². The van der Waals surface area contributed by atoms with Gasteiger partial charge in [0.15, 0.2) is 11.7 Å². The summed E-state index contributed by atoms with van der Waals surface area (Å²) in [4.78, 5) is 66.9. The van der Waals surface area contributed by atoms with Crippen LogP contribution in [0.15, 0.2) is 83.7 Å². The first kappa shape index (κ1) is 35.8. The molecule has 2 aromatic carbocycles. The van der Waals surface area contributed by atoms with E-state index in [1.165, 1.54) is 37.6 Å². The summed E-state index contributed by atoms with van der Waals surface area (Å²) < 4.78 is 42.4. The second-order valence-electron chi connectivity index (χ2n) is 14.0. The molecule has 0 radical (unpaired) electrons. The number of hydrogen-bond acceptors (Lipinski definition) is 13. The molecular weight excluding hydrogens is 664 g/mol. The molecule has 3 aliphatic rings. The summed E-state index contributed by atoms with van der Waals surface area (Å²) in [6.07, 6.45) is -3.65. The number of carbonyl (C=O) groups is 5. The van der Waals surface area contributed by atoms with Crippen molar-refractivity contribution in [1.82, 2.24) is 0 Å². The lowest BCUT2D eigenvalue weighted by Gasteiger charge is -2.65. The first-order chi connectivity index (χ1) is 24.1. The monoisotopic (exact) mass is 704 g/mol. The predicted molar refractivity (Wildman–Crippen MR) is 175 cm³/mol. The van der Waals surface area contributed by atoms with Crippen LogP contribution in [0.5, 0.6) is 0 Å². The molecule has 270 valence electrons. The fourth-order valence-electron chi connectivity index (χ4n) is 8.34. The number of fused-ring (bicyclic) bond motifs is 1. The maximum absolute atomic E-state index is 13.8. The largest absolute Gasteiger partial charge is 0.472 e. The van der Waals surface area contributed by atoms with Gasteiger partial charge in [-0.25, -0.2) is 14.4 Å². The van der Waals surface area contributed by atoms with E-state index in [1.807, 2.05) is 0 Å². The number of furan rings is 1. The van der Waals surface area contributed by atoms with Crippen LogP contribution in [0.3, 0.4) is 0 Å². The highest BCUT2D eigenvalue weighted by molar-refractivity contribution is 5.90. The zero-order chi connectivity index (χ0) is 36.8. The van der Waals surface area contributed by atoms with Crippen molar-refractivity contribution in [2.24, 2.45) is 11.3 Å². The van der Waals surface area contributed by atoms with Crippen LogP contribution in [0.1, 0.15) is 78.5 Å². The Bertz CT molecular complexity index is 1780. The van der Waals surface area contributed by atoms with Crippen molar-refractivity contribution in [3.8, 4) is 0 Å². The van der Waals surface area contributed by atoms with Crippen molar-refractivity contribution in [2.45, 2.75) is 88.7 Å². The Morgan fingerprint density at radius 1 is 0.745 bits per heavy atom. The van der Waals surface area contributed by atoms with E-state index >= 15 is 0 Å². The van der Waals surface area contributed by atoms with Gasteiger partial charge in [-0.05, 0) is 57.5 Å². The number of aliphatic hydroxyl groups is 1. The van der Waals surface area contributed by atoms with Crippen LogP contribution >= 0.6 is 0 Å². The molecule has 8 atom stereocenters. The number of hydrogen-bond donors (Lipinski definition) is 1. The van der Waals surface area contributed by atoms with Gasteiger partial charge in [0.1, 0.15) is 36.6 Å². The molecule has 2 bridgehead atoms. The van der Waals surface area contributed by atoms with Crippen molar-refractivity contribution in [3.05, 3.63) is 95.9 Å². The van der Waals surface area contributed by atoms with Crippen LogP contribution in [0, 0.1) is 11.3 Å². The SMILES string of the molecule is CC(=O)OCC12C(OC(=O)c3ccoc3)CC3C(OC(=O)c4ccccc4)C1(OC3(C)C)C(C)(O)CC(OC(=O)c1ccccc1)C2OC(C)=O. The molecule has 1 N–H and O–H groups in total. The average Bonchev–Trinajstić information content (AvgIpc) is 3.68. The second kappa shape index (κ2) is 13.3. The van der Waals surface area contributed by atoms with Crippen molar-refractivity contribution < 1.29 is 61.9 Å². The maximum atomic E-state index is 13.8. The highest BCUT2D eigenvalue weighted by Crippen LogP contribution is 2.69. The predicted octanol–water partition coefficient (Wildman–Crippen LogP) is 4.46. The lowest BCUT2D eigenvalue weighted by molar-refractivity contribution is -0.353. The Morgan fingerprint density at radius 3 is 1.88 bits per heavy atom. The Balaban J connectivity index is 1.59. The van der Waals surface area contributed by atoms with Gasteiger partial charge in [-0.15, -0.1) is 0 Å². The van der Waals surface area contributed by atoms with E-state index < -0.39 is 95.4 Å². The van der Waals surface area contributed by atoms with Crippen LogP contribution in [-0.2, 0) is 38.0 Å². The lowest BCUT2D eigenvalue weighted by atomic mass is 9.46. The third-order valence-corrected chi connectivity index (χ3v) is 10.4. The highest BCUT2D eigenvalue weighted by atomic mass is 16.6. The first-order valence-corrected chi connectivity index (χ1v) is 16.6. The minimum absolute atomic E-state index is 0.0514. The topological polar surface area (TPSA) is 174 Å². The summed E-state index contributed by atoms with van der Waals surface area (Å²) >= 11 is 0. The molecule has 1 saturated heterocycles. The minimum atomic E-state index is -2.11. The average molecular weight is 705 g/mol. The Kier molecular flexibility index (Phi) is 9.32. The van der Waals surface area contributed by atoms with E-state index in [2.05, 4.69) is 0 Å². The zero-order valence-electron chi connectivity index (χ0n) is 28.9. The van der Waals surface area contributed by atoms with E-state index in [4.69, 9.17) is 32.8 Å². The van der Waals surface area contributed by atoms with E-state index in [-0.39, 0.29) is 23.1 Å². The molecule has 0 amide bonds. The van der Waals surface area contributed by atoms with Crippen LogP contribution in [0.2, 0.25) is 0 Å². The molecule has 13 nitrogen and oxygen atoms in total. The van der Waals surface area contributed by atoms with Crippen molar-refractivity contribution in [3.63, 3.8) is 0 Å². The fourth-order valence-corrected chi connectivity index (χ4v) is 8.34. The molecule has 2 aliphatic carbocycles. The van der Waals surface area contributed by atoms with Gasteiger partial charge in [0.05, 0.1) is 34.2 Å². The molecule has 2 heterocycles. The van der Waals surface area contributed by atoms with Crippen molar-refractivity contribution in [2.75, 3.05) is 6.61 Å². The molecule has 1 aromatic heterocycles. The summed E-state index contributed by atoms with van der Waals surface area (Å²) in [5.74, 6) is -4.69. The van der Waals surface area contributed by atoms with Gasteiger partial charge < -0.3 is 37.9 Å². The smallest absolute Gasteiger partial charge is 0.341 e. The molecule has 3 aromatic rings. The first-order valence-electron chi connectivity index (χ1n) is 16.6. The fraction of sp³-hybridized carbons (Fsp3) is 0.447. The van der Waals surface area contributed by atoms with Gasteiger partial charge in [-0.3, -0.25) is 9.59 Å².